The standard InChI is InChI=1S/C31H24FN3O6S/c1-33-31(37)28-21-15-20(22-12-13-24(36)29(34-22)27-14-18-6-4-5-7-25(18)40-27)23(35(2)42(3,38)39)16-26(21)41-30(28)17-8-10-19(32)11-9-17/h4-16,36H,1-3H3,(H,33,37). The first kappa shape index (κ1) is 27.0. The maximum absolute atomic E-state index is 13.7. The largest absolute Gasteiger partial charge is 0.506 e. The third kappa shape index (κ3) is 4.63. The molecule has 1 amide bonds. The maximum atomic E-state index is 13.7. The highest BCUT2D eigenvalue weighted by Gasteiger charge is 2.27. The van der Waals surface area contributed by atoms with Crippen LogP contribution in [0.3, 0.4) is 0 Å². The lowest BCUT2D eigenvalue weighted by atomic mass is 10.0. The molecule has 212 valence electrons. The summed E-state index contributed by atoms with van der Waals surface area (Å²) in [6.45, 7) is 0. The second kappa shape index (κ2) is 10.0. The molecule has 0 atom stereocenters. The van der Waals surface area contributed by atoms with Crippen LogP contribution in [-0.2, 0) is 10.0 Å². The summed E-state index contributed by atoms with van der Waals surface area (Å²) < 4.78 is 52.2. The summed E-state index contributed by atoms with van der Waals surface area (Å²) in [6, 6.07) is 20.7. The first-order chi connectivity index (χ1) is 20.0. The van der Waals surface area contributed by atoms with Crippen molar-refractivity contribution in [3.63, 3.8) is 0 Å². The van der Waals surface area contributed by atoms with E-state index in [2.05, 4.69) is 10.3 Å². The molecule has 0 fully saturated rings. The number of pyridine rings is 1. The molecule has 2 N–H and O–H groups in total. The summed E-state index contributed by atoms with van der Waals surface area (Å²) in [7, 11) is -0.880. The molecule has 42 heavy (non-hydrogen) atoms. The van der Waals surface area contributed by atoms with Crippen molar-refractivity contribution in [3.8, 4) is 39.8 Å². The van der Waals surface area contributed by atoms with Crippen LogP contribution in [0.1, 0.15) is 10.4 Å². The number of carbonyl (C=O) groups is 1. The topological polar surface area (TPSA) is 126 Å². The third-order valence-corrected chi connectivity index (χ3v) is 8.20. The van der Waals surface area contributed by atoms with Gasteiger partial charge in [0.2, 0.25) is 10.0 Å². The van der Waals surface area contributed by atoms with Gasteiger partial charge in [0.25, 0.3) is 5.91 Å². The minimum absolute atomic E-state index is 0.134. The summed E-state index contributed by atoms with van der Waals surface area (Å²) in [5, 5.41) is 14.5. The van der Waals surface area contributed by atoms with Crippen LogP contribution in [0.25, 0.3) is 56.0 Å². The zero-order valence-electron chi connectivity index (χ0n) is 22.7. The fraction of sp³-hybridized carbons (Fsp3) is 0.0968. The Morgan fingerprint density at radius 3 is 2.40 bits per heavy atom. The molecular weight excluding hydrogens is 561 g/mol. The van der Waals surface area contributed by atoms with Gasteiger partial charge in [-0.15, -0.1) is 0 Å². The maximum Gasteiger partial charge on any atom is 0.255 e. The number of carbonyl (C=O) groups excluding carboxylic acids is 1. The van der Waals surface area contributed by atoms with Gasteiger partial charge in [-0.1, -0.05) is 18.2 Å². The van der Waals surface area contributed by atoms with Crippen molar-refractivity contribution in [2.24, 2.45) is 0 Å². The molecule has 6 rings (SSSR count). The summed E-state index contributed by atoms with van der Waals surface area (Å²) >= 11 is 0. The zero-order chi connectivity index (χ0) is 29.8. The summed E-state index contributed by atoms with van der Waals surface area (Å²) in [5.74, 6) is -0.525. The van der Waals surface area contributed by atoms with Crippen molar-refractivity contribution in [1.82, 2.24) is 10.3 Å². The average Bonchev–Trinajstić information content (AvgIpc) is 3.57. The Balaban J connectivity index is 1.63. The molecule has 0 radical (unpaired) electrons. The average molecular weight is 586 g/mol. The number of benzene rings is 3. The number of halogens is 1. The van der Waals surface area contributed by atoms with Crippen LogP contribution in [0.5, 0.6) is 5.75 Å². The Hall–Kier alpha value is -5.16. The number of amides is 1. The quantitative estimate of drug-likeness (QED) is 0.239. The molecule has 3 aromatic carbocycles. The Morgan fingerprint density at radius 1 is 0.976 bits per heavy atom. The summed E-state index contributed by atoms with van der Waals surface area (Å²) in [5.41, 5.74) is 2.53. The van der Waals surface area contributed by atoms with E-state index in [9.17, 15) is 22.7 Å². The molecule has 0 saturated heterocycles. The lowest BCUT2D eigenvalue weighted by Crippen LogP contribution is -2.25. The smallest absolute Gasteiger partial charge is 0.255 e. The van der Waals surface area contributed by atoms with E-state index >= 15 is 0 Å². The molecule has 0 spiro atoms. The van der Waals surface area contributed by atoms with E-state index in [0.29, 0.717) is 33.6 Å². The first-order valence-corrected chi connectivity index (χ1v) is 14.6. The number of aromatic hydroxyl groups is 1. The Bertz CT molecular complexity index is 2080. The van der Waals surface area contributed by atoms with Crippen molar-refractivity contribution >= 4 is 43.6 Å². The fourth-order valence-corrected chi connectivity index (χ4v) is 5.32. The van der Waals surface area contributed by atoms with Crippen LogP contribution in [0.4, 0.5) is 10.1 Å². The van der Waals surface area contributed by atoms with Crippen LogP contribution < -0.4 is 9.62 Å². The number of anilines is 1. The highest BCUT2D eigenvalue weighted by atomic mass is 32.2. The number of rotatable bonds is 6. The van der Waals surface area contributed by atoms with Gasteiger partial charge in [-0.05, 0) is 54.6 Å². The van der Waals surface area contributed by atoms with Crippen LogP contribution in [0.15, 0.2) is 87.7 Å². The summed E-state index contributed by atoms with van der Waals surface area (Å²) in [6.07, 6.45) is 1.06. The van der Waals surface area contributed by atoms with Gasteiger partial charge < -0.3 is 19.3 Å². The van der Waals surface area contributed by atoms with Crippen molar-refractivity contribution in [1.29, 1.82) is 0 Å². The lowest BCUT2D eigenvalue weighted by Gasteiger charge is -2.20. The second-order valence-electron chi connectivity index (χ2n) is 9.70. The van der Waals surface area contributed by atoms with E-state index in [1.54, 1.807) is 24.3 Å². The van der Waals surface area contributed by atoms with Crippen LogP contribution in [0.2, 0.25) is 0 Å². The van der Waals surface area contributed by atoms with Crippen molar-refractivity contribution < 1.29 is 31.5 Å². The van der Waals surface area contributed by atoms with E-state index in [-0.39, 0.29) is 34.0 Å². The summed E-state index contributed by atoms with van der Waals surface area (Å²) in [4.78, 5) is 17.8. The molecule has 0 aliphatic carbocycles. The number of para-hydroxylation sites is 1. The normalized spacial score (nSPS) is 11.7. The van der Waals surface area contributed by atoms with E-state index in [4.69, 9.17) is 8.83 Å². The van der Waals surface area contributed by atoms with Gasteiger partial charge in [-0.3, -0.25) is 9.10 Å². The number of nitrogens with zero attached hydrogens (tertiary/aromatic N) is 2. The Labute approximate surface area is 239 Å². The number of furan rings is 2. The van der Waals surface area contributed by atoms with Crippen LogP contribution in [-0.4, -0.2) is 44.8 Å². The molecule has 0 aliphatic heterocycles. The van der Waals surface area contributed by atoms with Gasteiger partial charge in [-0.25, -0.2) is 17.8 Å². The van der Waals surface area contributed by atoms with E-state index in [1.165, 1.54) is 50.5 Å². The predicted octanol–water partition coefficient (Wildman–Crippen LogP) is 6.18. The molecule has 9 nitrogen and oxygen atoms in total. The van der Waals surface area contributed by atoms with Gasteiger partial charge in [0, 0.05) is 42.1 Å². The minimum atomic E-state index is -3.75. The highest BCUT2D eigenvalue weighted by Crippen LogP contribution is 2.42. The van der Waals surface area contributed by atoms with Crippen LogP contribution >= 0.6 is 0 Å². The molecule has 0 aliphatic rings. The van der Waals surface area contributed by atoms with Gasteiger partial charge in [0.15, 0.2) is 5.76 Å². The molecule has 0 bridgehead atoms. The van der Waals surface area contributed by atoms with Gasteiger partial charge in [0.1, 0.15) is 34.2 Å². The molecular formula is C31H24FN3O6S. The Kier molecular flexibility index (Phi) is 6.46. The van der Waals surface area contributed by atoms with E-state index in [1.807, 2.05) is 18.2 Å². The van der Waals surface area contributed by atoms with E-state index < -0.39 is 21.7 Å². The number of aromatic nitrogens is 1. The predicted molar refractivity (Wildman–Crippen MR) is 158 cm³/mol. The number of nitrogens with one attached hydrogen (secondary N) is 1. The number of hydrogen-bond acceptors (Lipinski definition) is 7. The van der Waals surface area contributed by atoms with Crippen LogP contribution in [0, 0.1) is 5.82 Å². The minimum Gasteiger partial charge on any atom is -0.506 e. The number of hydrogen-bond donors (Lipinski definition) is 2. The monoisotopic (exact) mass is 585 g/mol. The molecule has 0 unspecified atom stereocenters. The highest BCUT2D eigenvalue weighted by molar-refractivity contribution is 7.92. The SMILES string of the molecule is CNC(=O)c1c(-c2ccc(F)cc2)oc2cc(N(C)S(C)(=O)=O)c(-c3ccc(O)c(-c4cc5ccccc5o4)n3)cc12. The van der Waals surface area contributed by atoms with E-state index in [0.717, 1.165) is 15.9 Å². The fourth-order valence-electron chi connectivity index (χ4n) is 4.81. The molecule has 3 heterocycles. The van der Waals surface area contributed by atoms with Gasteiger partial charge >= 0.3 is 0 Å². The lowest BCUT2D eigenvalue weighted by molar-refractivity contribution is 0.0964. The molecule has 6 aromatic rings. The Morgan fingerprint density at radius 2 is 1.71 bits per heavy atom. The van der Waals surface area contributed by atoms with Gasteiger partial charge in [-0.2, -0.15) is 0 Å². The molecule has 3 aromatic heterocycles. The second-order valence-corrected chi connectivity index (χ2v) is 11.7. The number of sulfonamides is 1. The molecule has 0 saturated carbocycles. The molecule has 11 heteroatoms. The van der Waals surface area contributed by atoms with Crippen molar-refractivity contribution in [3.05, 3.63) is 90.2 Å². The number of fused-ring (bicyclic) bond motifs is 2. The van der Waals surface area contributed by atoms with Gasteiger partial charge in [0.05, 0.1) is 23.2 Å². The third-order valence-electron chi connectivity index (χ3n) is 7.01. The first-order valence-electron chi connectivity index (χ1n) is 12.8. The van der Waals surface area contributed by atoms with Crippen molar-refractivity contribution in [2.45, 2.75) is 0 Å². The zero-order valence-corrected chi connectivity index (χ0v) is 23.5. The van der Waals surface area contributed by atoms with Crippen molar-refractivity contribution in [2.75, 3.05) is 24.7 Å².